The monoisotopic (exact) mass is 275 g/mol. The lowest BCUT2D eigenvalue weighted by Gasteiger charge is -2.23. The number of ether oxygens (including phenoxy) is 1. The van der Waals surface area contributed by atoms with Crippen LogP contribution in [0.15, 0.2) is 24.3 Å². The summed E-state index contributed by atoms with van der Waals surface area (Å²) in [6.07, 6.45) is 3.31. The minimum absolute atomic E-state index is 0.0807. The first kappa shape index (κ1) is 16.3. The van der Waals surface area contributed by atoms with E-state index >= 15 is 0 Å². The number of benzene rings is 1. The van der Waals surface area contributed by atoms with E-state index in [-0.39, 0.29) is 11.4 Å². The van der Waals surface area contributed by atoms with Crippen molar-refractivity contribution in [2.75, 3.05) is 25.6 Å². The Morgan fingerprint density at radius 1 is 1.30 bits per heavy atom. The largest absolute Gasteiger partial charge is 0.463 e. The van der Waals surface area contributed by atoms with Crippen molar-refractivity contribution in [3.05, 3.63) is 35.4 Å². The van der Waals surface area contributed by atoms with E-state index in [0.717, 1.165) is 11.3 Å². The van der Waals surface area contributed by atoms with Crippen LogP contribution in [0.5, 0.6) is 0 Å². The van der Waals surface area contributed by atoms with Crippen LogP contribution in [0.1, 0.15) is 38.8 Å². The first-order chi connectivity index (χ1) is 9.25. The highest BCUT2D eigenvalue weighted by Crippen LogP contribution is 2.28. The third kappa shape index (κ3) is 4.41. The van der Waals surface area contributed by atoms with Crippen molar-refractivity contribution in [1.29, 1.82) is 0 Å². The standard InChI is InChI=1S/C17H25NO2/c1-7-20-16(19)11-8-13-12-14(17(2,3)4)9-10-15(13)18(5)6/h8-12H,7H2,1-6H3/b11-8+. The average Bonchev–Trinajstić information content (AvgIpc) is 2.35. The Kier molecular flexibility index (Phi) is 5.37. The molecule has 20 heavy (non-hydrogen) atoms. The number of carbonyl (C=O) groups excluding carboxylic acids is 1. The van der Waals surface area contributed by atoms with Crippen LogP contribution >= 0.6 is 0 Å². The molecule has 0 saturated heterocycles. The molecule has 0 saturated carbocycles. The number of carbonyl (C=O) groups is 1. The van der Waals surface area contributed by atoms with Crippen molar-refractivity contribution >= 4 is 17.7 Å². The summed E-state index contributed by atoms with van der Waals surface area (Å²) in [5.41, 5.74) is 3.43. The van der Waals surface area contributed by atoms with E-state index in [1.807, 2.05) is 25.1 Å². The summed E-state index contributed by atoms with van der Waals surface area (Å²) in [6, 6.07) is 6.35. The van der Waals surface area contributed by atoms with Gasteiger partial charge in [0.05, 0.1) is 6.61 Å². The van der Waals surface area contributed by atoms with Crippen LogP contribution in [0.2, 0.25) is 0 Å². The Morgan fingerprint density at radius 2 is 1.95 bits per heavy atom. The third-order valence-electron chi connectivity index (χ3n) is 3.06. The number of hydrogen-bond donors (Lipinski definition) is 0. The number of rotatable bonds is 4. The molecule has 3 heteroatoms. The van der Waals surface area contributed by atoms with Gasteiger partial charge in [0.15, 0.2) is 0 Å². The van der Waals surface area contributed by atoms with Crippen molar-refractivity contribution in [3.63, 3.8) is 0 Å². The van der Waals surface area contributed by atoms with Gasteiger partial charge >= 0.3 is 5.97 Å². The molecule has 3 nitrogen and oxygen atoms in total. The predicted molar refractivity (Wildman–Crippen MR) is 85.1 cm³/mol. The van der Waals surface area contributed by atoms with Gasteiger partial charge in [0.1, 0.15) is 0 Å². The van der Waals surface area contributed by atoms with Gasteiger partial charge in [-0.05, 0) is 41.7 Å². The summed E-state index contributed by atoms with van der Waals surface area (Å²) in [5, 5.41) is 0. The highest BCUT2D eigenvalue weighted by molar-refractivity contribution is 5.88. The molecule has 0 aliphatic heterocycles. The second kappa shape index (κ2) is 6.60. The van der Waals surface area contributed by atoms with Crippen LogP contribution in [-0.2, 0) is 14.9 Å². The molecule has 1 rings (SSSR count). The van der Waals surface area contributed by atoms with E-state index in [0.29, 0.717) is 6.61 Å². The van der Waals surface area contributed by atoms with E-state index in [2.05, 4.69) is 39.0 Å². The van der Waals surface area contributed by atoms with Gasteiger partial charge in [0.2, 0.25) is 0 Å². The van der Waals surface area contributed by atoms with Gasteiger partial charge in [-0.3, -0.25) is 0 Å². The third-order valence-corrected chi connectivity index (χ3v) is 3.06. The van der Waals surface area contributed by atoms with E-state index in [1.54, 1.807) is 6.92 Å². The number of hydrogen-bond acceptors (Lipinski definition) is 3. The van der Waals surface area contributed by atoms with Crippen LogP contribution < -0.4 is 4.90 Å². The van der Waals surface area contributed by atoms with Crippen LogP contribution in [0.4, 0.5) is 5.69 Å². The SMILES string of the molecule is CCOC(=O)/C=C/c1cc(C(C)(C)C)ccc1N(C)C. The lowest BCUT2D eigenvalue weighted by Crippen LogP contribution is -2.14. The first-order valence-electron chi connectivity index (χ1n) is 6.92. The zero-order valence-electron chi connectivity index (χ0n) is 13.4. The molecule has 0 unspecified atom stereocenters. The highest BCUT2D eigenvalue weighted by atomic mass is 16.5. The fraction of sp³-hybridized carbons (Fsp3) is 0.471. The number of esters is 1. The van der Waals surface area contributed by atoms with E-state index in [1.165, 1.54) is 11.6 Å². The van der Waals surface area contributed by atoms with Crippen molar-refractivity contribution in [3.8, 4) is 0 Å². The molecule has 0 spiro atoms. The van der Waals surface area contributed by atoms with Gasteiger partial charge < -0.3 is 9.64 Å². The smallest absolute Gasteiger partial charge is 0.330 e. The van der Waals surface area contributed by atoms with Crippen molar-refractivity contribution in [2.24, 2.45) is 0 Å². The van der Waals surface area contributed by atoms with E-state index in [4.69, 9.17) is 4.74 Å². The van der Waals surface area contributed by atoms with Crippen LogP contribution in [0.25, 0.3) is 6.08 Å². The molecule has 0 amide bonds. The maximum absolute atomic E-state index is 11.5. The lowest BCUT2D eigenvalue weighted by molar-refractivity contribution is -0.137. The Hall–Kier alpha value is -1.77. The minimum Gasteiger partial charge on any atom is -0.463 e. The summed E-state index contributed by atoms with van der Waals surface area (Å²) in [7, 11) is 3.99. The molecule has 1 aromatic carbocycles. The van der Waals surface area contributed by atoms with Crippen molar-refractivity contribution < 1.29 is 9.53 Å². The summed E-state index contributed by atoms with van der Waals surface area (Å²) in [6.45, 7) is 8.73. The summed E-state index contributed by atoms with van der Waals surface area (Å²) in [4.78, 5) is 13.5. The lowest BCUT2D eigenvalue weighted by atomic mass is 9.85. The van der Waals surface area contributed by atoms with Crippen molar-refractivity contribution in [2.45, 2.75) is 33.1 Å². The minimum atomic E-state index is -0.307. The molecular weight excluding hydrogens is 250 g/mol. The fourth-order valence-corrected chi connectivity index (χ4v) is 1.91. The van der Waals surface area contributed by atoms with Gasteiger partial charge in [-0.2, -0.15) is 0 Å². The topological polar surface area (TPSA) is 29.5 Å². The molecule has 0 bridgehead atoms. The van der Waals surface area contributed by atoms with Crippen LogP contribution in [0.3, 0.4) is 0 Å². The maximum Gasteiger partial charge on any atom is 0.330 e. The number of anilines is 1. The summed E-state index contributed by atoms with van der Waals surface area (Å²) < 4.78 is 4.92. The fourth-order valence-electron chi connectivity index (χ4n) is 1.91. The Bertz CT molecular complexity index is 496. The summed E-state index contributed by atoms with van der Waals surface area (Å²) >= 11 is 0. The molecular formula is C17H25NO2. The molecule has 110 valence electrons. The number of nitrogens with zero attached hydrogens (tertiary/aromatic N) is 1. The Morgan fingerprint density at radius 3 is 2.45 bits per heavy atom. The molecule has 0 atom stereocenters. The van der Waals surface area contributed by atoms with E-state index in [9.17, 15) is 4.79 Å². The molecule has 0 aromatic heterocycles. The zero-order chi connectivity index (χ0) is 15.3. The zero-order valence-corrected chi connectivity index (χ0v) is 13.4. The van der Waals surface area contributed by atoms with Crippen LogP contribution in [-0.4, -0.2) is 26.7 Å². The first-order valence-corrected chi connectivity index (χ1v) is 6.92. The molecule has 1 aromatic rings. The molecule has 0 radical (unpaired) electrons. The average molecular weight is 275 g/mol. The van der Waals surface area contributed by atoms with Gasteiger partial charge in [-0.15, -0.1) is 0 Å². The van der Waals surface area contributed by atoms with Crippen LogP contribution in [0, 0.1) is 0 Å². The van der Waals surface area contributed by atoms with Crippen molar-refractivity contribution in [1.82, 2.24) is 0 Å². The Labute approximate surface area is 122 Å². The molecule has 0 aliphatic rings. The maximum atomic E-state index is 11.5. The van der Waals surface area contributed by atoms with Gasteiger partial charge in [-0.1, -0.05) is 26.8 Å². The molecule has 0 fully saturated rings. The second-order valence-corrected chi connectivity index (χ2v) is 6.00. The van der Waals surface area contributed by atoms with Gasteiger partial charge in [0, 0.05) is 25.9 Å². The molecule has 0 aliphatic carbocycles. The molecule has 0 N–H and O–H groups in total. The normalized spacial score (nSPS) is 11.7. The second-order valence-electron chi connectivity index (χ2n) is 6.00. The Balaban J connectivity index is 3.16. The van der Waals surface area contributed by atoms with Gasteiger partial charge in [0.25, 0.3) is 0 Å². The summed E-state index contributed by atoms with van der Waals surface area (Å²) in [5.74, 6) is -0.307. The van der Waals surface area contributed by atoms with Gasteiger partial charge in [-0.25, -0.2) is 4.79 Å². The highest BCUT2D eigenvalue weighted by Gasteiger charge is 2.15. The predicted octanol–water partition coefficient (Wildman–Crippen LogP) is 3.63. The molecule has 0 heterocycles. The quantitative estimate of drug-likeness (QED) is 0.621. The van der Waals surface area contributed by atoms with E-state index < -0.39 is 0 Å².